The highest BCUT2D eigenvalue weighted by Crippen LogP contribution is 2.62. The Labute approximate surface area is 135 Å². The number of aromatic nitrogens is 2. The van der Waals surface area contributed by atoms with E-state index in [1.807, 2.05) is 6.92 Å². The van der Waals surface area contributed by atoms with Gasteiger partial charge in [0.25, 0.3) is 0 Å². The van der Waals surface area contributed by atoms with Gasteiger partial charge in [0.15, 0.2) is 0 Å². The Balaban J connectivity index is 1.49. The van der Waals surface area contributed by atoms with Crippen LogP contribution in [0.3, 0.4) is 0 Å². The van der Waals surface area contributed by atoms with E-state index in [9.17, 15) is 4.79 Å². The van der Waals surface area contributed by atoms with Crippen molar-refractivity contribution in [3.05, 3.63) is 5.82 Å². The van der Waals surface area contributed by atoms with Gasteiger partial charge >= 0.3 is 6.03 Å². The molecule has 6 heteroatoms. The zero-order chi connectivity index (χ0) is 15.4. The summed E-state index contributed by atoms with van der Waals surface area (Å²) >= 11 is 1.24. The third kappa shape index (κ3) is 2.41. The van der Waals surface area contributed by atoms with Crippen LogP contribution in [0.2, 0.25) is 0 Å². The van der Waals surface area contributed by atoms with Gasteiger partial charge < -0.3 is 5.32 Å². The average Bonchev–Trinajstić information content (AvgIpc) is 2.81. The van der Waals surface area contributed by atoms with Crippen molar-refractivity contribution in [3.8, 4) is 0 Å². The smallest absolute Gasteiger partial charge is 0.321 e. The van der Waals surface area contributed by atoms with E-state index in [1.54, 1.807) is 0 Å². The van der Waals surface area contributed by atoms with Crippen LogP contribution in [0.4, 0.5) is 9.93 Å². The Morgan fingerprint density at radius 1 is 1.32 bits per heavy atom. The molecule has 4 aliphatic rings. The minimum atomic E-state index is -0.107. The van der Waals surface area contributed by atoms with Gasteiger partial charge in [-0.1, -0.05) is 13.3 Å². The maximum Gasteiger partial charge on any atom is 0.321 e. The van der Waals surface area contributed by atoms with E-state index in [0.29, 0.717) is 16.4 Å². The number of anilines is 1. The predicted molar refractivity (Wildman–Crippen MR) is 86.9 cm³/mol. The summed E-state index contributed by atoms with van der Waals surface area (Å²) in [6.07, 6.45) is 8.86. The lowest BCUT2D eigenvalue weighted by molar-refractivity contribution is -0.0779. The molecular formula is C16H24N4OS. The normalized spacial score (nSPS) is 39.0. The number of urea groups is 1. The summed E-state index contributed by atoms with van der Waals surface area (Å²) in [5.41, 5.74) is 0.501. The molecule has 0 radical (unpaired) electrons. The number of nitrogens with one attached hydrogen (secondary N) is 2. The molecule has 0 spiro atoms. The fraction of sp³-hybridized carbons (Fsp3) is 0.812. The molecule has 120 valence electrons. The van der Waals surface area contributed by atoms with Crippen molar-refractivity contribution >= 4 is 22.7 Å². The van der Waals surface area contributed by atoms with Crippen molar-refractivity contribution < 1.29 is 4.79 Å². The first-order chi connectivity index (χ1) is 10.5. The summed E-state index contributed by atoms with van der Waals surface area (Å²) < 4.78 is 4.11. The molecule has 2 atom stereocenters. The highest BCUT2D eigenvalue weighted by molar-refractivity contribution is 7.09. The summed E-state index contributed by atoms with van der Waals surface area (Å²) in [7, 11) is 0. The monoisotopic (exact) mass is 320 g/mol. The van der Waals surface area contributed by atoms with Gasteiger partial charge in [-0.15, -0.1) is 0 Å². The van der Waals surface area contributed by atoms with Gasteiger partial charge in [0, 0.05) is 17.1 Å². The van der Waals surface area contributed by atoms with E-state index in [1.165, 1.54) is 37.2 Å². The SMILES string of the molecule is CCC12C[C@@H]3C[C@@H](C1)CC(NC(=O)Nc1nc(C)ns1)(C3)C2. The molecule has 22 heavy (non-hydrogen) atoms. The standard InChI is InChI=1S/C16H24N4OS/c1-3-15-5-11-4-12(6-15)8-16(7-11,9-15)19-13(21)18-14-17-10(2)20-22-14/h11-12H,3-9H2,1-2H3,(H2,17,18,19,20,21)/t11-,12-,15?,16?/m0/s1. The largest absolute Gasteiger partial charge is 0.332 e. The van der Waals surface area contributed by atoms with Crippen LogP contribution in [0, 0.1) is 24.2 Å². The molecule has 2 N–H and O–H groups in total. The maximum atomic E-state index is 12.4. The number of amides is 2. The summed E-state index contributed by atoms with van der Waals surface area (Å²) in [6.45, 7) is 4.16. The van der Waals surface area contributed by atoms with Crippen LogP contribution in [0.5, 0.6) is 0 Å². The zero-order valence-electron chi connectivity index (χ0n) is 13.3. The molecule has 5 nitrogen and oxygen atoms in total. The predicted octanol–water partition coefficient (Wildman–Crippen LogP) is 3.72. The molecule has 1 aromatic heterocycles. The van der Waals surface area contributed by atoms with Gasteiger partial charge in [0.05, 0.1) is 0 Å². The second-order valence-corrected chi connectivity index (χ2v) is 8.57. The topological polar surface area (TPSA) is 66.9 Å². The Kier molecular flexibility index (Phi) is 3.22. The minimum Gasteiger partial charge on any atom is -0.332 e. The molecule has 0 aromatic carbocycles. The van der Waals surface area contributed by atoms with Crippen LogP contribution in [-0.4, -0.2) is 20.9 Å². The number of carbonyl (C=O) groups is 1. The third-order valence-electron chi connectivity index (χ3n) is 6.06. The summed E-state index contributed by atoms with van der Waals surface area (Å²) in [4.78, 5) is 16.6. The van der Waals surface area contributed by atoms with Gasteiger partial charge in [-0.3, -0.25) is 5.32 Å². The Morgan fingerprint density at radius 2 is 2.05 bits per heavy atom. The van der Waals surface area contributed by atoms with Gasteiger partial charge in [-0.05, 0) is 62.7 Å². The van der Waals surface area contributed by atoms with E-state index >= 15 is 0 Å². The number of hydrogen-bond donors (Lipinski definition) is 2. The second-order valence-electron chi connectivity index (χ2n) is 7.82. The highest BCUT2D eigenvalue weighted by atomic mass is 32.1. The third-order valence-corrected chi connectivity index (χ3v) is 6.78. The van der Waals surface area contributed by atoms with Crippen molar-refractivity contribution in [2.45, 2.75) is 64.3 Å². The van der Waals surface area contributed by atoms with E-state index in [0.717, 1.165) is 31.1 Å². The van der Waals surface area contributed by atoms with E-state index < -0.39 is 0 Å². The molecule has 1 heterocycles. The van der Waals surface area contributed by atoms with Crippen molar-refractivity contribution in [3.63, 3.8) is 0 Å². The fourth-order valence-electron chi connectivity index (χ4n) is 5.73. The van der Waals surface area contributed by atoms with Crippen molar-refractivity contribution in [2.24, 2.45) is 17.3 Å². The number of nitrogens with zero attached hydrogens (tertiary/aromatic N) is 2. The molecule has 0 unspecified atom stereocenters. The van der Waals surface area contributed by atoms with Crippen LogP contribution in [-0.2, 0) is 0 Å². The summed E-state index contributed by atoms with van der Waals surface area (Å²) in [5.74, 6) is 2.33. The lowest BCUT2D eigenvalue weighted by Crippen LogP contribution is -2.63. The van der Waals surface area contributed by atoms with E-state index in [4.69, 9.17) is 0 Å². The quantitative estimate of drug-likeness (QED) is 0.892. The van der Waals surface area contributed by atoms with Gasteiger partial charge in [-0.2, -0.15) is 4.37 Å². The van der Waals surface area contributed by atoms with Crippen LogP contribution in [0.15, 0.2) is 0 Å². The van der Waals surface area contributed by atoms with Gasteiger partial charge in [-0.25, -0.2) is 9.78 Å². The Hall–Kier alpha value is -1.17. The molecule has 1 aromatic rings. The van der Waals surface area contributed by atoms with Crippen molar-refractivity contribution in [1.29, 1.82) is 0 Å². The molecule has 4 aliphatic carbocycles. The summed E-state index contributed by atoms with van der Waals surface area (Å²) in [5, 5.41) is 6.78. The fourth-order valence-corrected chi connectivity index (χ4v) is 6.30. The molecule has 4 bridgehead atoms. The molecular weight excluding hydrogens is 296 g/mol. The number of hydrogen-bond acceptors (Lipinski definition) is 4. The van der Waals surface area contributed by atoms with Gasteiger partial charge in [0.1, 0.15) is 5.82 Å². The second kappa shape index (κ2) is 4.91. The molecule has 0 aliphatic heterocycles. The first-order valence-electron chi connectivity index (χ1n) is 8.39. The maximum absolute atomic E-state index is 12.4. The zero-order valence-corrected chi connectivity index (χ0v) is 14.1. The van der Waals surface area contributed by atoms with Crippen LogP contribution >= 0.6 is 11.5 Å². The molecule has 4 fully saturated rings. The lowest BCUT2D eigenvalue weighted by Gasteiger charge is -2.62. The molecule has 2 amide bonds. The highest BCUT2D eigenvalue weighted by Gasteiger charge is 2.57. The van der Waals surface area contributed by atoms with Crippen LogP contribution < -0.4 is 10.6 Å². The first kappa shape index (κ1) is 14.4. The lowest BCUT2D eigenvalue weighted by atomic mass is 9.46. The Bertz CT molecular complexity index is 585. The van der Waals surface area contributed by atoms with Crippen molar-refractivity contribution in [1.82, 2.24) is 14.7 Å². The number of rotatable bonds is 3. The first-order valence-corrected chi connectivity index (χ1v) is 9.17. The number of aryl methyl sites for hydroxylation is 1. The molecule has 0 saturated heterocycles. The van der Waals surface area contributed by atoms with E-state index in [-0.39, 0.29) is 11.6 Å². The van der Waals surface area contributed by atoms with Gasteiger partial charge in [0.2, 0.25) is 5.13 Å². The van der Waals surface area contributed by atoms with Crippen LogP contribution in [0.25, 0.3) is 0 Å². The van der Waals surface area contributed by atoms with E-state index in [2.05, 4.69) is 26.9 Å². The Morgan fingerprint density at radius 3 is 2.64 bits per heavy atom. The molecule has 5 rings (SSSR count). The minimum absolute atomic E-state index is 0.0178. The molecule has 4 saturated carbocycles. The van der Waals surface area contributed by atoms with Crippen molar-refractivity contribution in [2.75, 3.05) is 5.32 Å². The number of carbonyl (C=O) groups excluding carboxylic acids is 1. The van der Waals surface area contributed by atoms with Crippen LogP contribution in [0.1, 0.15) is 57.7 Å². The average molecular weight is 320 g/mol. The summed E-state index contributed by atoms with van der Waals surface area (Å²) in [6, 6.07) is -0.107.